The van der Waals surface area contributed by atoms with E-state index >= 15 is 0 Å². The van der Waals surface area contributed by atoms with E-state index < -0.39 is 28.5 Å². The van der Waals surface area contributed by atoms with Gasteiger partial charge in [0.25, 0.3) is 10.0 Å². The van der Waals surface area contributed by atoms with Gasteiger partial charge < -0.3 is 10.2 Å². The number of benzene rings is 4. The van der Waals surface area contributed by atoms with E-state index in [1.807, 2.05) is 51.1 Å². The number of carbonyl (C=O) groups is 2. The monoisotopic (exact) mass is 699 g/mol. The zero-order chi connectivity index (χ0) is 33.4. The molecule has 2 atom stereocenters. The molecule has 0 spiro atoms. The lowest BCUT2D eigenvalue weighted by Crippen LogP contribution is -2.54. The molecule has 0 unspecified atom stereocenters. The minimum absolute atomic E-state index is 0.0185. The highest BCUT2D eigenvalue weighted by Crippen LogP contribution is 2.31. The largest absolute Gasteiger partial charge is 0.352 e. The molecule has 46 heavy (non-hydrogen) atoms. The molecule has 0 saturated heterocycles. The number of hydrogen-bond acceptors (Lipinski definition) is 4. The van der Waals surface area contributed by atoms with Crippen LogP contribution in [0.15, 0.2) is 102 Å². The highest BCUT2D eigenvalue weighted by molar-refractivity contribution is 7.92. The van der Waals surface area contributed by atoms with Crippen LogP contribution in [-0.4, -0.2) is 43.8 Å². The van der Waals surface area contributed by atoms with Crippen molar-refractivity contribution in [3.05, 3.63) is 129 Å². The van der Waals surface area contributed by atoms with Crippen LogP contribution in [0.2, 0.25) is 15.1 Å². The number of anilines is 1. The highest BCUT2D eigenvalue weighted by atomic mass is 35.5. The lowest BCUT2D eigenvalue weighted by Gasteiger charge is -2.34. The van der Waals surface area contributed by atoms with E-state index in [1.54, 1.807) is 36.4 Å². The number of carbonyl (C=O) groups excluding carboxylic acids is 2. The molecule has 7 nitrogen and oxygen atoms in total. The fourth-order valence-electron chi connectivity index (χ4n) is 4.85. The summed E-state index contributed by atoms with van der Waals surface area (Å²) in [4.78, 5) is 29.9. The second-order valence-electron chi connectivity index (χ2n) is 11.1. The van der Waals surface area contributed by atoms with E-state index in [0.717, 1.165) is 15.4 Å². The Balaban J connectivity index is 1.84. The standard InChI is InChI=1S/C35H36Cl3N3O4S/c1-4-25(3)39-35(43)33(18-26-10-6-5-7-11-26)40(22-27-12-8-9-13-32(27)38)34(42)23-41(30-20-28(36)19-29(37)21-30)46(44,45)31-16-14-24(2)15-17-31/h5-17,19-21,25,33H,4,18,22-23H2,1-3H3,(H,39,43)/t25-,33+/m0/s1. The third-order valence-corrected chi connectivity index (χ3v) is 10.2. The van der Waals surface area contributed by atoms with E-state index in [-0.39, 0.29) is 45.5 Å². The van der Waals surface area contributed by atoms with Gasteiger partial charge in [-0.1, -0.05) is 108 Å². The van der Waals surface area contributed by atoms with Crippen LogP contribution >= 0.6 is 34.8 Å². The molecule has 0 heterocycles. The fourth-order valence-corrected chi connectivity index (χ4v) is 6.96. The molecule has 0 radical (unpaired) electrons. The van der Waals surface area contributed by atoms with Gasteiger partial charge in [0.15, 0.2) is 0 Å². The maximum Gasteiger partial charge on any atom is 0.264 e. The quantitative estimate of drug-likeness (QED) is 0.155. The summed E-state index contributed by atoms with van der Waals surface area (Å²) >= 11 is 19.2. The van der Waals surface area contributed by atoms with Gasteiger partial charge in [-0.05, 0) is 67.8 Å². The molecule has 4 aromatic rings. The van der Waals surface area contributed by atoms with Crippen LogP contribution in [0.3, 0.4) is 0 Å². The van der Waals surface area contributed by atoms with Crippen molar-refractivity contribution in [2.75, 3.05) is 10.8 Å². The summed E-state index contributed by atoms with van der Waals surface area (Å²) in [6, 6.07) is 25.9. The van der Waals surface area contributed by atoms with Gasteiger partial charge in [-0.15, -0.1) is 0 Å². The van der Waals surface area contributed by atoms with Gasteiger partial charge in [0.1, 0.15) is 12.6 Å². The summed E-state index contributed by atoms with van der Waals surface area (Å²) in [5.74, 6) is -0.982. The van der Waals surface area contributed by atoms with Crippen molar-refractivity contribution < 1.29 is 18.0 Å². The first kappa shape index (κ1) is 35.3. The molecule has 0 bridgehead atoms. The normalized spacial score (nSPS) is 12.7. The van der Waals surface area contributed by atoms with Crippen LogP contribution < -0.4 is 9.62 Å². The van der Waals surface area contributed by atoms with Crippen molar-refractivity contribution in [2.24, 2.45) is 0 Å². The summed E-state index contributed by atoms with van der Waals surface area (Å²) in [5.41, 5.74) is 2.40. The Kier molecular flexibility index (Phi) is 12.1. The number of amides is 2. The molecule has 0 saturated carbocycles. The van der Waals surface area contributed by atoms with Crippen LogP contribution in [0.25, 0.3) is 0 Å². The average Bonchev–Trinajstić information content (AvgIpc) is 3.02. The van der Waals surface area contributed by atoms with Crippen molar-refractivity contribution in [3.8, 4) is 0 Å². The van der Waals surface area contributed by atoms with Gasteiger partial charge in [0, 0.05) is 34.1 Å². The van der Waals surface area contributed by atoms with Crippen LogP contribution in [-0.2, 0) is 32.6 Å². The first-order chi connectivity index (χ1) is 21.9. The number of nitrogens with one attached hydrogen (secondary N) is 1. The molecule has 242 valence electrons. The SMILES string of the molecule is CC[C@H](C)NC(=O)[C@@H](Cc1ccccc1)N(Cc1ccccc1Cl)C(=O)CN(c1cc(Cl)cc(Cl)c1)S(=O)(=O)c1ccc(C)cc1. The van der Waals surface area contributed by atoms with Gasteiger partial charge in [-0.3, -0.25) is 13.9 Å². The Morgan fingerprint density at radius 3 is 2.07 bits per heavy atom. The molecule has 0 aliphatic rings. The van der Waals surface area contributed by atoms with Crippen LogP contribution in [0.4, 0.5) is 5.69 Å². The van der Waals surface area contributed by atoms with Gasteiger partial charge >= 0.3 is 0 Å². The lowest BCUT2D eigenvalue weighted by atomic mass is 10.0. The van der Waals surface area contributed by atoms with Crippen molar-refractivity contribution >= 4 is 62.3 Å². The molecule has 0 aliphatic heterocycles. The zero-order valence-electron chi connectivity index (χ0n) is 25.8. The van der Waals surface area contributed by atoms with Crippen molar-refractivity contribution in [1.82, 2.24) is 10.2 Å². The van der Waals surface area contributed by atoms with Gasteiger partial charge in [-0.25, -0.2) is 8.42 Å². The summed E-state index contributed by atoms with van der Waals surface area (Å²) in [5, 5.41) is 3.82. The number of hydrogen-bond donors (Lipinski definition) is 1. The summed E-state index contributed by atoms with van der Waals surface area (Å²) in [6.07, 6.45) is 0.868. The minimum atomic E-state index is -4.30. The van der Waals surface area contributed by atoms with Gasteiger partial charge in [0.05, 0.1) is 10.6 Å². The second-order valence-corrected chi connectivity index (χ2v) is 14.2. The Morgan fingerprint density at radius 2 is 1.46 bits per heavy atom. The molecule has 0 fully saturated rings. The fraction of sp³-hybridized carbons (Fsp3) is 0.257. The van der Waals surface area contributed by atoms with Crippen molar-refractivity contribution in [3.63, 3.8) is 0 Å². The maximum atomic E-state index is 14.6. The van der Waals surface area contributed by atoms with Crippen LogP contribution in [0, 0.1) is 6.92 Å². The Morgan fingerprint density at radius 1 is 0.848 bits per heavy atom. The van der Waals surface area contributed by atoms with E-state index in [0.29, 0.717) is 17.0 Å². The molecule has 1 N–H and O–H groups in total. The number of rotatable bonds is 13. The zero-order valence-corrected chi connectivity index (χ0v) is 28.9. The Labute approximate surface area is 286 Å². The van der Waals surface area contributed by atoms with Crippen LogP contribution in [0.1, 0.15) is 37.0 Å². The second kappa shape index (κ2) is 15.8. The van der Waals surface area contributed by atoms with E-state index in [4.69, 9.17) is 34.8 Å². The molecule has 0 aromatic heterocycles. The van der Waals surface area contributed by atoms with Gasteiger partial charge in [-0.2, -0.15) is 0 Å². The number of nitrogens with zero attached hydrogens (tertiary/aromatic N) is 2. The third-order valence-electron chi connectivity index (χ3n) is 7.59. The predicted octanol–water partition coefficient (Wildman–Crippen LogP) is 7.71. The molecule has 4 rings (SSSR count). The van der Waals surface area contributed by atoms with E-state index in [1.165, 1.54) is 35.2 Å². The van der Waals surface area contributed by atoms with E-state index in [2.05, 4.69) is 5.32 Å². The predicted molar refractivity (Wildman–Crippen MR) is 186 cm³/mol. The maximum absolute atomic E-state index is 14.6. The lowest BCUT2D eigenvalue weighted by molar-refractivity contribution is -0.140. The third kappa shape index (κ3) is 9.04. The molecular weight excluding hydrogens is 665 g/mol. The molecule has 11 heteroatoms. The Bertz CT molecular complexity index is 1750. The Hall–Kier alpha value is -3.56. The molecule has 0 aliphatic carbocycles. The number of halogens is 3. The first-order valence-corrected chi connectivity index (χ1v) is 17.4. The molecule has 4 aromatic carbocycles. The topological polar surface area (TPSA) is 86.8 Å². The summed E-state index contributed by atoms with van der Waals surface area (Å²) < 4.78 is 29.3. The van der Waals surface area contributed by atoms with Crippen molar-refractivity contribution in [2.45, 2.75) is 57.1 Å². The summed E-state index contributed by atoms with van der Waals surface area (Å²) in [6.45, 7) is 5.00. The van der Waals surface area contributed by atoms with Crippen LogP contribution in [0.5, 0.6) is 0 Å². The number of sulfonamides is 1. The summed E-state index contributed by atoms with van der Waals surface area (Å²) in [7, 11) is -4.30. The van der Waals surface area contributed by atoms with E-state index in [9.17, 15) is 18.0 Å². The smallest absolute Gasteiger partial charge is 0.264 e. The first-order valence-electron chi connectivity index (χ1n) is 14.8. The highest BCUT2D eigenvalue weighted by Gasteiger charge is 2.35. The van der Waals surface area contributed by atoms with Gasteiger partial charge in [0.2, 0.25) is 11.8 Å². The number of aryl methyl sites for hydroxylation is 1. The molecule has 2 amide bonds. The molecular formula is C35H36Cl3N3O4S. The minimum Gasteiger partial charge on any atom is -0.352 e. The van der Waals surface area contributed by atoms with Crippen molar-refractivity contribution in [1.29, 1.82) is 0 Å². The average molecular weight is 701 g/mol.